The molecule has 5 aromatic heterocycles. The van der Waals surface area contributed by atoms with Crippen LogP contribution in [0.2, 0.25) is 0 Å². The van der Waals surface area contributed by atoms with Gasteiger partial charge in [-0.2, -0.15) is 5.10 Å². The molecule has 1 aromatic carbocycles. The van der Waals surface area contributed by atoms with E-state index in [-0.39, 0.29) is 0 Å². The molecular weight excluding hydrogens is 386 g/mol. The van der Waals surface area contributed by atoms with Gasteiger partial charge in [-0.25, -0.2) is 0 Å². The third-order valence-electron chi connectivity index (χ3n) is 5.40. The van der Waals surface area contributed by atoms with Crippen LogP contribution >= 0.6 is 0 Å². The van der Waals surface area contributed by atoms with Crippen molar-refractivity contribution in [3.63, 3.8) is 0 Å². The Labute approximate surface area is 177 Å². The average Bonchev–Trinajstić information content (AvgIpc) is 3.43. The van der Waals surface area contributed by atoms with Gasteiger partial charge in [-0.3, -0.25) is 20.1 Å². The second kappa shape index (κ2) is 6.77. The highest BCUT2D eigenvalue weighted by atomic mass is 15.1. The van der Waals surface area contributed by atoms with Gasteiger partial charge in [0.15, 0.2) is 0 Å². The van der Waals surface area contributed by atoms with Gasteiger partial charge < -0.3 is 10.7 Å². The van der Waals surface area contributed by atoms with Gasteiger partial charge in [0.1, 0.15) is 5.69 Å². The van der Waals surface area contributed by atoms with E-state index in [1.165, 1.54) is 0 Å². The lowest BCUT2D eigenvalue weighted by Gasteiger charge is -2.03. The number of fused-ring (bicyclic) bond motifs is 2. The van der Waals surface area contributed by atoms with Crippen molar-refractivity contribution in [3.05, 3.63) is 79.5 Å². The molecule has 0 amide bonds. The molecular formula is C24H17N7. The Hall–Kier alpha value is -4.52. The Kier molecular flexibility index (Phi) is 3.79. The Balaban J connectivity index is 1.51. The molecule has 5 heterocycles. The number of hydrogen-bond acceptors (Lipinski definition) is 5. The van der Waals surface area contributed by atoms with Crippen LogP contribution < -0.4 is 5.73 Å². The van der Waals surface area contributed by atoms with Crippen LogP contribution in [0.25, 0.3) is 55.6 Å². The monoisotopic (exact) mass is 403 g/mol. The summed E-state index contributed by atoms with van der Waals surface area (Å²) in [5.74, 6) is 0. The quantitative estimate of drug-likeness (QED) is 0.393. The zero-order chi connectivity index (χ0) is 20.8. The van der Waals surface area contributed by atoms with Crippen LogP contribution in [0.1, 0.15) is 0 Å². The first-order valence-electron chi connectivity index (χ1n) is 9.84. The molecule has 0 saturated heterocycles. The minimum absolute atomic E-state index is 0.634. The van der Waals surface area contributed by atoms with Gasteiger partial charge in [0.25, 0.3) is 0 Å². The van der Waals surface area contributed by atoms with Gasteiger partial charge in [-0.1, -0.05) is 12.1 Å². The summed E-state index contributed by atoms with van der Waals surface area (Å²) in [5.41, 5.74) is 14.1. The van der Waals surface area contributed by atoms with Crippen molar-refractivity contribution < 1.29 is 0 Å². The van der Waals surface area contributed by atoms with Crippen molar-refractivity contribution in [2.75, 3.05) is 5.73 Å². The van der Waals surface area contributed by atoms with Gasteiger partial charge in [-0.15, -0.1) is 0 Å². The molecule has 0 aliphatic rings. The Morgan fingerprint density at radius 2 is 1.71 bits per heavy atom. The fourth-order valence-electron chi connectivity index (χ4n) is 3.92. The lowest BCUT2D eigenvalue weighted by atomic mass is 10.0. The van der Waals surface area contributed by atoms with Gasteiger partial charge in [0.05, 0.1) is 34.3 Å². The maximum absolute atomic E-state index is 5.92. The van der Waals surface area contributed by atoms with Crippen LogP contribution in [-0.4, -0.2) is 30.1 Å². The predicted octanol–water partition coefficient (Wildman–Crippen LogP) is 4.81. The van der Waals surface area contributed by atoms with E-state index in [1.54, 1.807) is 12.4 Å². The number of aromatic amines is 2. The summed E-state index contributed by atoms with van der Waals surface area (Å²) in [7, 11) is 0. The van der Waals surface area contributed by atoms with Gasteiger partial charge in [0, 0.05) is 46.7 Å². The number of benzene rings is 1. The van der Waals surface area contributed by atoms with Gasteiger partial charge >= 0.3 is 0 Å². The number of H-pyrrole nitrogens is 2. The maximum Gasteiger partial charge on any atom is 0.116 e. The fraction of sp³-hybridized carbons (Fsp3) is 0. The topological polar surface area (TPSA) is 109 Å². The number of aromatic nitrogens is 6. The van der Waals surface area contributed by atoms with Crippen LogP contribution in [-0.2, 0) is 0 Å². The lowest BCUT2D eigenvalue weighted by molar-refractivity contribution is 1.12. The van der Waals surface area contributed by atoms with E-state index in [4.69, 9.17) is 5.73 Å². The molecule has 0 aliphatic heterocycles. The van der Waals surface area contributed by atoms with E-state index in [2.05, 4.69) is 42.3 Å². The number of nitrogen functional groups attached to an aromatic ring is 1. The summed E-state index contributed by atoms with van der Waals surface area (Å²) in [6.07, 6.45) is 8.91. The summed E-state index contributed by atoms with van der Waals surface area (Å²) in [6.45, 7) is 0. The van der Waals surface area contributed by atoms with E-state index < -0.39 is 0 Å². The molecule has 0 bridgehead atoms. The molecule has 0 unspecified atom stereocenters. The number of hydrogen-bond donors (Lipinski definition) is 3. The minimum atomic E-state index is 0.634. The Morgan fingerprint density at radius 1 is 0.774 bits per heavy atom. The largest absolute Gasteiger partial charge is 0.397 e. The molecule has 6 aromatic rings. The smallest absolute Gasteiger partial charge is 0.116 e. The molecule has 4 N–H and O–H groups in total. The first kappa shape index (κ1) is 17.3. The molecule has 6 rings (SSSR count). The van der Waals surface area contributed by atoms with Crippen molar-refractivity contribution >= 4 is 27.5 Å². The molecule has 0 aliphatic carbocycles. The number of rotatable bonds is 3. The van der Waals surface area contributed by atoms with Crippen molar-refractivity contribution in [1.82, 2.24) is 30.1 Å². The zero-order valence-electron chi connectivity index (χ0n) is 16.4. The first-order valence-corrected chi connectivity index (χ1v) is 9.84. The summed E-state index contributed by atoms with van der Waals surface area (Å²) in [5, 5.41) is 9.78. The molecule has 0 atom stereocenters. The van der Waals surface area contributed by atoms with Gasteiger partial charge in [0.2, 0.25) is 0 Å². The Morgan fingerprint density at radius 3 is 2.58 bits per heavy atom. The second-order valence-corrected chi connectivity index (χ2v) is 7.39. The number of nitrogens with one attached hydrogen (secondary N) is 2. The highest BCUT2D eigenvalue weighted by Crippen LogP contribution is 2.34. The number of pyridine rings is 3. The van der Waals surface area contributed by atoms with Crippen LogP contribution in [0, 0.1) is 0 Å². The molecule has 31 heavy (non-hydrogen) atoms. The fourth-order valence-corrected chi connectivity index (χ4v) is 3.92. The van der Waals surface area contributed by atoms with Crippen LogP contribution in [0.15, 0.2) is 79.5 Å². The number of nitrogens with two attached hydrogens (primary N) is 1. The highest BCUT2D eigenvalue weighted by molar-refractivity contribution is 6.01. The Bertz CT molecular complexity index is 1550. The van der Waals surface area contributed by atoms with Crippen molar-refractivity contribution in [2.24, 2.45) is 0 Å². The van der Waals surface area contributed by atoms with Crippen LogP contribution in [0.3, 0.4) is 0 Å². The van der Waals surface area contributed by atoms with Crippen LogP contribution in [0.5, 0.6) is 0 Å². The van der Waals surface area contributed by atoms with Crippen LogP contribution in [0.4, 0.5) is 5.69 Å². The predicted molar refractivity (Wildman–Crippen MR) is 122 cm³/mol. The second-order valence-electron chi connectivity index (χ2n) is 7.39. The maximum atomic E-state index is 5.92. The van der Waals surface area contributed by atoms with Gasteiger partial charge in [-0.05, 0) is 42.0 Å². The van der Waals surface area contributed by atoms with E-state index >= 15 is 0 Å². The van der Waals surface area contributed by atoms with Crippen molar-refractivity contribution in [3.8, 4) is 33.8 Å². The SMILES string of the molecule is Nc1cncc(-c2ccc3[nH]nc(-c4cc5c(-c6ccccn6)cncc5[nH]4)c3c2)c1. The van der Waals surface area contributed by atoms with Crippen molar-refractivity contribution in [1.29, 1.82) is 0 Å². The minimum Gasteiger partial charge on any atom is -0.397 e. The summed E-state index contributed by atoms with van der Waals surface area (Å²) < 4.78 is 0. The standard InChI is InChI=1S/C24H17N7/c25-16-7-15(10-26-11-16)14-4-5-21-18(8-14)24(31-30-21)22-9-17-19(12-27-13-23(17)29-22)20-3-1-2-6-28-20/h1-13,29H,25H2,(H,30,31). The summed E-state index contributed by atoms with van der Waals surface area (Å²) in [4.78, 5) is 16.5. The summed E-state index contributed by atoms with van der Waals surface area (Å²) in [6, 6.07) is 16.1. The molecule has 0 saturated carbocycles. The first-order chi connectivity index (χ1) is 15.3. The molecule has 0 radical (unpaired) electrons. The average molecular weight is 403 g/mol. The molecule has 7 heteroatoms. The summed E-state index contributed by atoms with van der Waals surface area (Å²) >= 11 is 0. The van der Waals surface area contributed by atoms with E-state index in [1.807, 2.05) is 55.0 Å². The molecule has 7 nitrogen and oxygen atoms in total. The lowest BCUT2D eigenvalue weighted by Crippen LogP contribution is -1.87. The molecule has 148 valence electrons. The number of anilines is 1. The third-order valence-corrected chi connectivity index (χ3v) is 5.40. The van der Waals surface area contributed by atoms with E-state index in [9.17, 15) is 0 Å². The third kappa shape index (κ3) is 2.91. The zero-order valence-corrected chi connectivity index (χ0v) is 16.4. The van der Waals surface area contributed by atoms with E-state index in [0.717, 1.165) is 55.6 Å². The normalized spacial score (nSPS) is 11.4. The molecule has 0 spiro atoms. The van der Waals surface area contributed by atoms with E-state index in [0.29, 0.717) is 5.69 Å². The highest BCUT2D eigenvalue weighted by Gasteiger charge is 2.15. The van der Waals surface area contributed by atoms with Crippen molar-refractivity contribution in [2.45, 2.75) is 0 Å². The number of nitrogens with zero attached hydrogens (tertiary/aromatic N) is 4. The molecule has 0 fully saturated rings.